The molecule has 0 aromatic heterocycles. The van der Waals surface area contributed by atoms with Crippen LogP contribution < -0.4 is 4.74 Å². The quantitative estimate of drug-likeness (QED) is 0.575. The van der Waals surface area contributed by atoms with Gasteiger partial charge in [0.1, 0.15) is 18.7 Å². The van der Waals surface area contributed by atoms with Gasteiger partial charge in [0.05, 0.1) is 6.42 Å². The first-order valence-electron chi connectivity index (χ1n) is 4.19. The lowest BCUT2D eigenvalue weighted by atomic mass is 10.2. The minimum absolute atomic E-state index is 0.0974. The highest BCUT2D eigenvalue weighted by atomic mass is 19.1. The number of ether oxygens (including phenoxy) is 1. The molecule has 0 saturated carbocycles. The molecule has 4 heteroatoms. The van der Waals surface area contributed by atoms with E-state index in [4.69, 9.17) is 9.84 Å². The molecule has 14 heavy (non-hydrogen) atoms. The Hall–Kier alpha value is -1.42. The molecular formula is C10H11FO3. The van der Waals surface area contributed by atoms with Gasteiger partial charge in [-0.3, -0.25) is 0 Å². The van der Waals surface area contributed by atoms with E-state index in [0.29, 0.717) is 17.6 Å². The maximum atomic E-state index is 12.2. The Balaban J connectivity index is 2.61. The number of rotatable bonds is 5. The molecular weight excluding hydrogens is 187 g/mol. The minimum atomic E-state index is -1.16. The average Bonchev–Trinajstić information content (AvgIpc) is 2.18. The van der Waals surface area contributed by atoms with Crippen LogP contribution in [0.15, 0.2) is 24.3 Å². The number of aliphatic hydroxyl groups is 1. The van der Waals surface area contributed by atoms with Gasteiger partial charge in [-0.25, -0.2) is 4.39 Å². The van der Waals surface area contributed by atoms with E-state index >= 15 is 0 Å². The topological polar surface area (TPSA) is 46.5 Å². The number of halogens is 1. The number of alkyl halides is 1. The van der Waals surface area contributed by atoms with Gasteiger partial charge in [0, 0.05) is 0 Å². The summed E-state index contributed by atoms with van der Waals surface area (Å²) >= 11 is 0. The number of aliphatic hydroxyl groups excluding tert-OH is 1. The zero-order valence-electron chi connectivity index (χ0n) is 7.52. The summed E-state index contributed by atoms with van der Waals surface area (Å²) < 4.78 is 17.2. The van der Waals surface area contributed by atoms with Gasteiger partial charge in [-0.2, -0.15) is 0 Å². The van der Waals surface area contributed by atoms with E-state index in [0.717, 1.165) is 0 Å². The maximum Gasteiger partial charge on any atom is 0.204 e. The van der Waals surface area contributed by atoms with E-state index in [1.165, 1.54) is 6.07 Å². The van der Waals surface area contributed by atoms with Gasteiger partial charge >= 0.3 is 0 Å². The zero-order chi connectivity index (χ0) is 10.4. The Labute approximate surface area is 81.1 Å². The molecule has 0 heterocycles. The standard InChI is InChI=1S/C10H11FO3/c11-7-8-2-1-3-9(6-8)14-10(13)4-5-12/h1-3,5-6,10,13H,4,7H2. The van der Waals surface area contributed by atoms with Gasteiger partial charge in [-0.05, 0) is 17.7 Å². The molecule has 0 fully saturated rings. The van der Waals surface area contributed by atoms with Crippen LogP contribution >= 0.6 is 0 Å². The number of carbonyl (C=O) groups excluding carboxylic acids is 1. The van der Waals surface area contributed by atoms with E-state index in [1.807, 2.05) is 0 Å². The minimum Gasteiger partial charge on any atom is -0.465 e. The van der Waals surface area contributed by atoms with Crippen molar-refractivity contribution in [3.05, 3.63) is 29.8 Å². The van der Waals surface area contributed by atoms with Crippen LogP contribution in [0.3, 0.4) is 0 Å². The maximum absolute atomic E-state index is 12.2. The van der Waals surface area contributed by atoms with Crippen molar-refractivity contribution in [2.45, 2.75) is 19.4 Å². The molecule has 0 radical (unpaired) electrons. The fourth-order valence-corrected chi connectivity index (χ4v) is 0.989. The second kappa shape index (κ2) is 5.34. The molecule has 0 aliphatic heterocycles. The molecule has 1 N–H and O–H groups in total. The summed E-state index contributed by atoms with van der Waals surface area (Å²) in [5.41, 5.74) is 0.473. The van der Waals surface area contributed by atoms with Crippen LogP contribution in [-0.4, -0.2) is 17.7 Å². The average molecular weight is 198 g/mol. The summed E-state index contributed by atoms with van der Waals surface area (Å²) in [6, 6.07) is 6.30. The SMILES string of the molecule is O=CCC(O)Oc1cccc(CF)c1. The highest BCUT2D eigenvalue weighted by Gasteiger charge is 2.04. The first kappa shape index (κ1) is 10.7. The third-order valence-electron chi connectivity index (χ3n) is 1.62. The molecule has 1 unspecified atom stereocenters. The molecule has 0 aliphatic carbocycles. The van der Waals surface area contributed by atoms with Gasteiger partial charge in [-0.1, -0.05) is 12.1 Å². The van der Waals surface area contributed by atoms with Crippen molar-refractivity contribution in [2.24, 2.45) is 0 Å². The second-order valence-corrected chi connectivity index (χ2v) is 2.76. The molecule has 0 bridgehead atoms. The van der Waals surface area contributed by atoms with Gasteiger partial charge in [0.2, 0.25) is 6.29 Å². The van der Waals surface area contributed by atoms with Crippen LogP contribution in [0.5, 0.6) is 5.75 Å². The monoisotopic (exact) mass is 198 g/mol. The van der Waals surface area contributed by atoms with Gasteiger partial charge in [0.15, 0.2) is 0 Å². The molecule has 0 spiro atoms. The summed E-state index contributed by atoms with van der Waals surface area (Å²) in [6.07, 6.45) is -0.703. The normalized spacial score (nSPS) is 12.1. The summed E-state index contributed by atoms with van der Waals surface area (Å²) in [4.78, 5) is 10.0. The molecule has 76 valence electrons. The summed E-state index contributed by atoms with van der Waals surface area (Å²) in [6.45, 7) is -0.582. The van der Waals surface area contributed by atoms with Crippen LogP contribution in [0.4, 0.5) is 4.39 Å². The second-order valence-electron chi connectivity index (χ2n) is 2.76. The Morgan fingerprint density at radius 3 is 3.00 bits per heavy atom. The summed E-state index contributed by atoms with van der Waals surface area (Å²) in [5, 5.41) is 9.12. The van der Waals surface area contributed by atoms with Gasteiger partial charge in [-0.15, -0.1) is 0 Å². The van der Waals surface area contributed by atoms with Crippen LogP contribution in [0, 0.1) is 0 Å². The van der Waals surface area contributed by atoms with E-state index < -0.39 is 13.0 Å². The lowest BCUT2D eigenvalue weighted by molar-refractivity contribution is -0.114. The number of hydrogen-bond acceptors (Lipinski definition) is 3. The number of carbonyl (C=O) groups is 1. The number of benzene rings is 1. The Morgan fingerprint density at radius 2 is 2.36 bits per heavy atom. The molecule has 1 aromatic carbocycles. The number of hydrogen-bond donors (Lipinski definition) is 1. The number of aldehydes is 1. The molecule has 0 amide bonds. The van der Waals surface area contributed by atoms with Crippen molar-refractivity contribution in [3.8, 4) is 5.75 Å². The van der Waals surface area contributed by atoms with Gasteiger partial charge < -0.3 is 14.6 Å². The zero-order valence-corrected chi connectivity index (χ0v) is 7.52. The predicted molar refractivity (Wildman–Crippen MR) is 48.6 cm³/mol. The largest absolute Gasteiger partial charge is 0.465 e. The molecule has 3 nitrogen and oxygen atoms in total. The van der Waals surface area contributed by atoms with Crippen LogP contribution in [0.2, 0.25) is 0 Å². The van der Waals surface area contributed by atoms with Crippen molar-refractivity contribution < 1.29 is 19.0 Å². The molecule has 0 aliphatic rings. The predicted octanol–water partition coefficient (Wildman–Crippen LogP) is 1.44. The van der Waals surface area contributed by atoms with Crippen molar-refractivity contribution in [2.75, 3.05) is 0 Å². The third-order valence-corrected chi connectivity index (χ3v) is 1.62. The van der Waals surface area contributed by atoms with Crippen molar-refractivity contribution in [1.29, 1.82) is 0 Å². The lowest BCUT2D eigenvalue weighted by Crippen LogP contribution is -2.15. The van der Waals surface area contributed by atoms with Crippen molar-refractivity contribution in [1.82, 2.24) is 0 Å². The van der Waals surface area contributed by atoms with Crippen LogP contribution in [0.1, 0.15) is 12.0 Å². The van der Waals surface area contributed by atoms with Crippen LogP contribution in [-0.2, 0) is 11.5 Å². The van der Waals surface area contributed by atoms with Crippen molar-refractivity contribution >= 4 is 6.29 Å². The van der Waals surface area contributed by atoms with Crippen LogP contribution in [0.25, 0.3) is 0 Å². The molecule has 1 atom stereocenters. The Kier molecular flexibility index (Phi) is 4.07. The Bertz CT molecular complexity index is 301. The fourth-order valence-electron chi connectivity index (χ4n) is 0.989. The van der Waals surface area contributed by atoms with Gasteiger partial charge in [0.25, 0.3) is 0 Å². The molecule has 1 rings (SSSR count). The highest BCUT2D eigenvalue weighted by Crippen LogP contribution is 2.15. The highest BCUT2D eigenvalue weighted by molar-refractivity contribution is 5.49. The first-order valence-corrected chi connectivity index (χ1v) is 4.19. The third kappa shape index (κ3) is 3.14. The van der Waals surface area contributed by atoms with E-state index in [2.05, 4.69) is 0 Å². The fraction of sp³-hybridized carbons (Fsp3) is 0.300. The lowest BCUT2D eigenvalue weighted by Gasteiger charge is -2.10. The summed E-state index contributed by atoms with van der Waals surface area (Å²) in [5.74, 6) is 0.356. The Morgan fingerprint density at radius 1 is 1.57 bits per heavy atom. The van der Waals surface area contributed by atoms with E-state index in [-0.39, 0.29) is 6.42 Å². The van der Waals surface area contributed by atoms with E-state index in [9.17, 15) is 9.18 Å². The molecule has 1 aromatic rings. The van der Waals surface area contributed by atoms with Crippen molar-refractivity contribution in [3.63, 3.8) is 0 Å². The first-order chi connectivity index (χ1) is 6.76. The molecule has 0 saturated heterocycles. The smallest absolute Gasteiger partial charge is 0.204 e. The van der Waals surface area contributed by atoms with E-state index in [1.54, 1.807) is 18.2 Å². The summed E-state index contributed by atoms with van der Waals surface area (Å²) in [7, 11) is 0.